The van der Waals surface area contributed by atoms with Crippen LogP contribution in [0, 0.1) is 0 Å². The molecule has 2 amide bonds. The van der Waals surface area contributed by atoms with Gasteiger partial charge in [-0.05, 0) is 34.6 Å². The molecule has 112 valence electrons. The van der Waals surface area contributed by atoms with Crippen LogP contribution in [-0.4, -0.2) is 29.4 Å². The van der Waals surface area contributed by atoms with E-state index in [0.29, 0.717) is 12.2 Å². The molecule has 0 aliphatic heterocycles. The maximum absolute atomic E-state index is 11.9. The van der Waals surface area contributed by atoms with Gasteiger partial charge in [0.2, 0.25) is 5.91 Å². The lowest BCUT2D eigenvalue weighted by molar-refractivity contribution is -0.126. The molecule has 0 aromatic heterocycles. The van der Waals surface area contributed by atoms with E-state index in [1.807, 2.05) is 0 Å². The first kappa shape index (κ1) is 18.0. The molecule has 0 unspecified atom stereocenters. The molecule has 6 heteroatoms. The molecule has 0 fully saturated rings. The number of rotatable bonds is 7. The van der Waals surface area contributed by atoms with Crippen molar-refractivity contribution in [2.24, 2.45) is 10.2 Å². The van der Waals surface area contributed by atoms with Gasteiger partial charge in [-0.25, -0.2) is 0 Å². The van der Waals surface area contributed by atoms with Crippen molar-refractivity contribution in [1.29, 1.82) is 0 Å². The zero-order valence-corrected chi connectivity index (χ0v) is 12.9. The van der Waals surface area contributed by atoms with E-state index in [9.17, 15) is 9.59 Å². The Balaban J connectivity index is 4.89. The van der Waals surface area contributed by atoms with Gasteiger partial charge >= 0.3 is 0 Å². The van der Waals surface area contributed by atoms with Crippen LogP contribution in [0.1, 0.15) is 34.6 Å². The molecule has 0 aromatic carbocycles. The maximum atomic E-state index is 11.9. The van der Waals surface area contributed by atoms with Gasteiger partial charge in [-0.15, -0.1) is 6.58 Å². The molecule has 0 aromatic rings. The van der Waals surface area contributed by atoms with E-state index in [4.69, 9.17) is 0 Å². The minimum atomic E-state index is -1.07. The molecule has 0 spiro atoms. The smallest absolute Gasteiger partial charge is 0.253 e. The average Bonchev–Trinajstić information content (AvgIpc) is 2.32. The zero-order chi connectivity index (χ0) is 16.0. The quantitative estimate of drug-likeness (QED) is 0.552. The Morgan fingerprint density at radius 3 is 1.95 bits per heavy atom. The Labute approximate surface area is 120 Å². The minimum absolute atomic E-state index is 0.280. The van der Waals surface area contributed by atoms with Gasteiger partial charge in [0.05, 0.1) is 0 Å². The van der Waals surface area contributed by atoms with Gasteiger partial charge in [0.25, 0.3) is 5.91 Å². The third-order valence-corrected chi connectivity index (χ3v) is 2.40. The van der Waals surface area contributed by atoms with E-state index in [1.54, 1.807) is 40.7 Å². The van der Waals surface area contributed by atoms with Crippen LogP contribution in [0.4, 0.5) is 0 Å². The highest BCUT2D eigenvalue weighted by atomic mass is 16.2. The number of hydrogen-bond donors (Lipinski definition) is 2. The zero-order valence-electron chi connectivity index (χ0n) is 12.9. The van der Waals surface area contributed by atoms with Crippen molar-refractivity contribution in [1.82, 2.24) is 10.6 Å². The fourth-order valence-corrected chi connectivity index (χ4v) is 1.07. The summed E-state index contributed by atoms with van der Waals surface area (Å²) < 4.78 is 0. The van der Waals surface area contributed by atoms with Crippen molar-refractivity contribution < 1.29 is 9.59 Å². The molecule has 0 aliphatic carbocycles. The molecule has 0 saturated carbocycles. The number of carbonyl (C=O) groups is 2. The summed E-state index contributed by atoms with van der Waals surface area (Å²) in [6.45, 7) is 15.6. The number of allylic oxidation sites excluding steroid dienone is 1. The molecule has 20 heavy (non-hydrogen) atoms. The van der Waals surface area contributed by atoms with Crippen molar-refractivity contribution in [3.8, 4) is 0 Å². The average molecular weight is 280 g/mol. The van der Waals surface area contributed by atoms with E-state index < -0.39 is 11.1 Å². The molecule has 2 N–H and O–H groups in total. The van der Waals surface area contributed by atoms with Gasteiger partial charge < -0.3 is 10.6 Å². The fraction of sp³-hybridized carbons (Fsp3) is 0.571. The summed E-state index contributed by atoms with van der Waals surface area (Å²) in [6, 6.07) is 0. The van der Waals surface area contributed by atoms with Crippen molar-refractivity contribution in [3.63, 3.8) is 0 Å². The standard InChI is InChI=1S/C14H24N4O2/c1-8-9-15-11(19)13(4,5)17-18-14(6,7)12(20)16-10(2)3/h8H,1-2,9H2,3-7H3,(H,15,19)(H,16,20). The Kier molecular flexibility index (Phi) is 6.29. The SMILES string of the molecule is C=CCNC(=O)C(C)(C)N=NC(C)(C)C(=O)NC(=C)C. The van der Waals surface area contributed by atoms with Crippen LogP contribution in [0.25, 0.3) is 0 Å². The second-order valence-corrected chi connectivity index (χ2v) is 5.55. The third-order valence-electron chi connectivity index (χ3n) is 2.40. The van der Waals surface area contributed by atoms with Gasteiger partial charge in [0.1, 0.15) is 0 Å². The van der Waals surface area contributed by atoms with Crippen molar-refractivity contribution >= 4 is 11.8 Å². The van der Waals surface area contributed by atoms with Gasteiger partial charge in [-0.2, -0.15) is 10.2 Å². The third kappa shape index (κ3) is 5.77. The molecule has 0 bridgehead atoms. The fourth-order valence-electron chi connectivity index (χ4n) is 1.07. The Morgan fingerprint density at radius 1 is 1.10 bits per heavy atom. The largest absolute Gasteiger partial charge is 0.350 e. The van der Waals surface area contributed by atoms with Crippen molar-refractivity contribution in [2.45, 2.75) is 45.7 Å². The topological polar surface area (TPSA) is 82.9 Å². The van der Waals surface area contributed by atoms with Gasteiger partial charge in [-0.1, -0.05) is 12.7 Å². The summed E-state index contributed by atoms with van der Waals surface area (Å²) in [5.41, 5.74) is -1.60. The lowest BCUT2D eigenvalue weighted by atomic mass is 10.0. The molecule has 0 saturated heterocycles. The predicted molar refractivity (Wildman–Crippen MR) is 79.2 cm³/mol. The van der Waals surface area contributed by atoms with E-state index in [-0.39, 0.29) is 11.8 Å². The predicted octanol–water partition coefficient (Wildman–Crippen LogP) is 1.95. The highest BCUT2D eigenvalue weighted by Gasteiger charge is 2.31. The number of amides is 2. The van der Waals surface area contributed by atoms with Crippen molar-refractivity contribution in [2.75, 3.05) is 6.54 Å². The van der Waals surface area contributed by atoms with E-state index in [0.717, 1.165) is 0 Å². The van der Waals surface area contributed by atoms with Crippen LogP contribution in [0.5, 0.6) is 0 Å². The second kappa shape index (κ2) is 6.98. The molecule has 0 rings (SSSR count). The van der Waals surface area contributed by atoms with Crippen molar-refractivity contribution in [3.05, 3.63) is 24.9 Å². The number of nitrogens with zero attached hydrogens (tertiary/aromatic N) is 2. The van der Waals surface area contributed by atoms with Crippen LogP contribution in [0.3, 0.4) is 0 Å². The van der Waals surface area contributed by atoms with Gasteiger partial charge in [-0.3, -0.25) is 9.59 Å². The molecule has 0 heterocycles. The number of hydrogen-bond acceptors (Lipinski definition) is 4. The Bertz CT molecular complexity index is 436. The van der Waals surface area contributed by atoms with Crippen LogP contribution in [-0.2, 0) is 9.59 Å². The van der Waals surface area contributed by atoms with E-state index in [2.05, 4.69) is 34.0 Å². The first-order valence-electron chi connectivity index (χ1n) is 6.33. The summed E-state index contributed by atoms with van der Waals surface area (Å²) in [4.78, 5) is 23.8. The highest BCUT2D eigenvalue weighted by molar-refractivity contribution is 5.87. The molecular formula is C14H24N4O2. The molecular weight excluding hydrogens is 256 g/mol. The first-order valence-corrected chi connectivity index (χ1v) is 6.33. The van der Waals surface area contributed by atoms with Crippen LogP contribution < -0.4 is 10.6 Å². The highest BCUT2D eigenvalue weighted by Crippen LogP contribution is 2.16. The number of nitrogens with one attached hydrogen (secondary N) is 2. The molecule has 6 nitrogen and oxygen atoms in total. The lowest BCUT2D eigenvalue weighted by Crippen LogP contribution is -2.43. The van der Waals surface area contributed by atoms with Crippen LogP contribution in [0.15, 0.2) is 35.2 Å². The van der Waals surface area contributed by atoms with Gasteiger partial charge in [0, 0.05) is 12.2 Å². The Hall–Kier alpha value is -1.98. The molecule has 0 radical (unpaired) electrons. The summed E-state index contributed by atoms with van der Waals surface area (Å²) in [7, 11) is 0. The second-order valence-electron chi connectivity index (χ2n) is 5.55. The lowest BCUT2D eigenvalue weighted by Gasteiger charge is -2.22. The minimum Gasteiger partial charge on any atom is -0.350 e. The number of carbonyl (C=O) groups excluding carboxylic acids is 2. The Morgan fingerprint density at radius 2 is 1.55 bits per heavy atom. The van der Waals surface area contributed by atoms with E-state index >= 15 is 0 Å². The summed E-state index contributed by atoms with van der Waals surface area (Å²) >= 11 is 0. The normalized spacial score (nSPS) is 12.1. The summed E-state index contributed by atoms with van der Waals surface area (Å²) in [5.74, 6) is -0.603. The molecule has 0 aliphatic rings. The molecule has 0 atom stereocenters. The van der Waals surface area contributed by atoms with Crippen LogP contribution in [0.2, 0.25) is 0 Å². The summed E-state index contributed by atoms with van der Waals surface area (Å²) in [5, 5.41) is 13.2. The monoisotopic (exact) mass is 280 g/mol. The van der Waals surface area contributed by atoms with Gasteiger partial charge in [0.15, 0.2) is 11.1 Å². The number of azo groups is 1. The summed E-state index contributed by atoms with van der Waals surface area (Å²) in [6.07, 6.45) is 1.58. The maximum Gasteiger partial charge on any atom is 0.253 e. The van der Waals surface area contributed by atoms with Crippen LogP contribution >= 0.6 is 0 Å². The first-order chi connectivity index (χ1) is 9.03. The van der Waals surface area contributed by atoms with E-state index in [1.165, 1.54) is 0 Å².